The number of nitrogens with zero attached hydrogens (tertiary/aromatic N) is 5. The molecule has 0 aliphatic carbocycles. The highest BCUT2D eigenvalue weighted by atomic mass is 16.2. The van der Waals surface area contributed by atoms with Crippen LogP contribution in [0.4, 0.5) is 0 Å². The van der Waals surface area contributed by atoms with E-state index < -0.39 is 0 Å². The second kappa shape index (κ2) is 6.42. The smallest absolute Gasteiger partial charge is 0.276 e. The highest BCUT2D eigenvalue weighted by molar-refractivity contribution is 5.94. The molecule has 0 spiro atoms. The third kappa shape index (κ3) is 2.98. The number of amides is 1. The van der Waals surface area contributed by atoms with Crippen LogP contribution >= 0.6 is 0 Å². The monoisotopic (exact) mass is 364 g/mol. The highest BCUT2D eigenvalue weighted by Gasteiger charge is 2.36. The Kier molecular flexibility index (Phi) is 4.19. The summed E-state index contributed by atoms with van der Waals surface area (Å²) in [6.07, 6.45) is 2.54. The van der Waals surface area contributed by atoms with Crippen molar-refractivity contribution in [1.29, 1.82) is 0 Å². The SMILES string of the molecule is Cc1c(C(=O)N2CCC(N)C(C)(C)C2)nnn1-c1cccc2cccnc12. The van der Waals surface area contributed by atoms with E-state index >= 15 is 0 Å². The number of nitrogens with two attached hydrogens (primary N) is 1. The lowest BCUT2D eigenvalue weighted by Gasteiger charge is -2.42. The summed E-state index contributed by atoms with van der Waals surface area (Å²) in [6.45, 7) is 7.34. The molecular weight excluding hydrogens is 340 g/mol. The van der Waals surface area contributed by atoms with E-state index in [-0.39, 0.29) is 17.4 Å². The number of fused-ring (bicyclic) bond motifs is 1. The Morgan fingerprint density at radius 3 is 2.81 bits per heavy atom. The zero-order valence-electron chi connectivity index (χ0n) is 15.9. The molecule has 27 heavy (non-hydrogen) atoms. The Morgan fingerprint density at radius 2 is 2.04 bits per heavy atom. The van der Waals surface area contributed by atoms with Crippen molar-refractivity contribution in [2.75, 3.05) is 13.1 Å². The predicted molar refractivity (Wildman–Crippen MR) is 104 cm³/mol. The fourth-order valence-electron chi connectivity index (χ4n) is 3.71. The fourth-order valence-corrected chi connectivity index (χ4v) is 3.71. The number of hydrogen-bond acceptors (Lipinski definition) is 5. The van der Waals surface area contributed by atoms with Crippen LogP contribution in [0.25, 0.3) is 16.6 Å². The molecule has 1 saturated heterocycles. The maximum atomic E-state index is 13.1. The van der Waals surface area contributed by atoms with Crippen molar-refractivity contribution >= 4 is 16.8 Å². The molecule has 1 fully saturated rings. The molecule has 1 aromatic carbocycles. The van der Waals surface area contributed by atoms with E-state index in [1.54, 1.807) is 10.9 Å². The lowest BCUT2D eigenvalue weighted by Crippen LogP contribution is -2.54. The number of pyridine rings is 1. The van der Waals surface area contributed by atoms with Crippen LogP contribution in [0.15, 0.2) is 36.5 Å². The van der Waals surface area contributed by atoms with Gasteiger partial charge >= 0.3 is 0 Å². The van der Waals surface area contributed by atoms with Gasteiger partial charge < -0.3 is 10.6 Å². The molecule has 1 aliphatic rings. The largest absolute Gasteiger partial charge is 0.337 e. The molecule has 3 heterocycles. The molecule has 1 amide bonds. The third-order valence-electron chi connectivity index (χ3n) is 5.54. The number of rotatable bonds is 2. The van der Waals surface area contributed by atoms with Crippen LogP contribution in [0.1, 0.15) is 36.5 Å². The van der Waals surface area contributed by atoms with Crippen molar-refractivity contribution in [3.63, 3.8) is 0 Å². The van der Waals surface area contributed by atoms with Crippen LogP contribution in [-0.2, 0) is 0 Å². The van der Waals surface area contributed by atoms with Gasteiger partial charge in [-0.2, -0.15) is 0 Å². The minimum absolute atomic E-state index is 0.0908. The third-order valence-corrected chi connectivity index (χ3v) is 5.54. The second-order valence-corrected chi connectivity index (χ2v) is 7.90. The summed E-state index contributed by atoms with van der Waals surface area (Å²) in [4.78, 5) is 19.4. The lowest BCUT2D eigenvalue weighted by atomic mass is 9.79. The fraction of sp³-hybridized carbons (Fsp3) is 0.400. The van der Waals surface area contributed by atoms with Crippen LogP contribution in [0, 0.1) is 12.3 Å². The Labute approximate surface area is 158 Å². The average Bonchev–Trinajstić information content (AvgIpc) is 3.04. The van der Waals surface area contributed by atoms with Gasteiger partial charge in [-0.15, -0.1) is 5.10 Å². The molecule has 1 aliphatic heterocycles. The molecule has 0 saturated carbocycles. The summed E-state index contributed by atoms with van der Waals surface area (Å²) < 4.78 is 1.70. The van der Waals surface area contributed by atoms with Crippen molar-refractivity contribution in [3.8, 4) is 5.69 Å². The first kappa shape index (κ1) is 17.6. The minimum atomic E-state index is -0.114. The summed E-state index contributed by atoms with van der Waals surface area (Å²) in [5.74, 6) is -0.0908. The molecule has 1 atom stereocenters. The van der Waals surface area contributed by atoms with Gasteiger partial charge in [0.15, 0.2) is 5.69 Å². The second-order valence-electron chi connectivity index (χ2n) is 7.90. The quantitative estimate of drug-likeness (QED) is 0.754. The van der Waals surface area contributed by atoms with E-state index in [1.807, 2.05) is 42.2 Å². The number of aromatic nitrogens is 4. The Bertz CT molecular complexity index is 1000. The standard InChI is InChI=1S/C20H24N6O/c1-13-17(19(27)25-11-9-16(21)20(2,3)12-25)23-24-26(13)15-8-4-6-14-7-5-10-22-18(14)15/h4-8,10,16H,9,11-12,21H2,1-3H3. The number of likely N-dealkylation sites (tertiary alicyclic amines) is 1. The molecule has 140 valence electrons. The molecule has 2 N–H and O–H groups in total. The maximum Gasteiger partial charge on any atom is 0.276 e. The van der Waals surface area contributed by atoms with Gasteiger partial charge in [0, 0.05) is 30.7 Å². The predicted octanol–water partition coefficient (Wildman–Crippen LogP) is 2.32. The number of benzene rings is 1. The first-order valence-corrected chi connectivity index (χ1v) is 9.20. The van der Waals surface area contributed by atoms with Crippen molar-refractivity contribution in [3.05, 3.63) is 47.9 Å². The lowest BCUT2D eigenvalue weighted by molar-refractivity contribution is 0.0526. The van der Waals surface area contributed by atoms with Crippen molar-refractivity contribution in [2.45, 2.75) is 33.2 Å². The summed E-state index contributed by atoms with van der Waals surface area (Å²) in [5.41, 5.74) is 8.83. The van der Waals surface area contributed by atoms with Crippen LogP contribution in [-0.4, -0.2) is 49.9 Å². The zero-order chi connectivity index (χ0) is 19.2. The van der Waals surface area contributed by atoms with E-state index in [1.165, 1.54) is 0 Å². The molecule has 0 bridgehead atoms. The normalized spacial score (nSPS) is 19.4. The van der Waals surface area contributed by atoms with E-state index in [2.05, 4.69) is 29.1 Å². The van der Waals surface area contributed by atoms with Crippen LogP contribution in [0.5, 0.6) is 0 Å². The number of carbonyl (C=O) groups is 1. The minimum Gasteiger partial charge on any atom is -0.337 e. The van der Waals surface area contributed by atoms with Gasteiger partial charge in [-0.3, -0.25) is 9.78 Å². The van der Waals surface area contributed by atoms with E-state index in [0.29, 0.717) is 24.5 Å². The van der Waals surface area contributed by atoms with Gasteiger partial charge in [0.1, 0.15) is 0 Å². The molecular formula is C20H24N6O. The van der Waals surface area contributed by atoms with E-state index in [0.717, 1.165) is 23.0 Å². The summed E-state index contributed by atoms with van der Waals surface area (Å²) in [6, 6.07) is 9.90. The maximum absolute atomic E-state index is 13.1. The summed E-state index contributed by atoms with van der Waals surface area (Å²) in [5, 5.41) is 9.48. The van der Waals surface area contributed by atoms with Gasteiger partial charge in [0.25, 0.3) is 5.91 Å². The topological polar surface area (TPSA) is 89.9 Å². The van der Waals surface area contributed by atoms with Gasteiger partial charge in [0.05, 0.1) is 16.9 Å². The molecule has 0 radical (unpaired) electrons. The number of piperidine rings is 1. The van der Waals surface area contributed by atoms with Gasteiger partial charge in [-0.05, 0) is 30.9 Å². The highest BCUT2D eigenvalue weighted by Crippen LogP contribution is 2.29. The number of para-hydroxylation sites is 1. The molecule has 2 aromatic heterocycles. The van der Waals surface area contributed by atoms with Crippen molar-refractivity contribution < 1.29 is 4.79 Å². The summed E-state index contributed by atoms with van der Waals surface area (Å²) in [7, 11) is 0. The van der Waals surface area contributed by atoms with Gasteiger partial charge in [-0.25, -0.2) is 4.68 Å². The molecule has 1 unspecified atom stereocenters. The zero-order valence-corrected chi connectivity index (χ0v) is 15.9. The Balaban J connectivity index is 1.69. The van der Waals surface area contributed by atoms with E-state index in [9.17, 15) is 4.79 Å². The van der Waals surface area contributed by atoms with Crippen LogP contribution in [0.3, 0.4) is 0 Å². The van der Waals surface area contributed by atoms with Gasteiger partial charge in [0.2, 0.25) is 0 Å². The Morgan fingerprint density at radius 1 is 1.26 bits per heavy atom. The van der Waals surface area contributed by atoms with Crippen LogP contribution in [0.2, 0.25) is 0 Å². The van der Waals surface area contributed by atoms with Gasteiger partial charge in [-0.1, -0.05) is 37.3 Å². The Hall–Kier alpha value is -2.80. The van der Waals surface area contributed by atoms with Crippen molar-refractivity contribution in [2.24, 2.45) is 11.1 Å². The van der Waals surface area contributed by atoms with Crippen LogP contribution < -0.4 is 5.73 Å². The van der Waals surface area contributed by atoms with Crippen molar-refractivity contribution in [1.82, 2.24) is 24.9 Å². The molecule has 3 aromatic rings. The molecule has 7 heteroatoms. The van der Waals surface area contributed by atoms with E-state index in [4.69, 9.17) is 5.73 Å². The number of carbonyl (C=O) groups excluding carboxylic acids is 1. The summed E-state index contributed by atoms with van der Waals surface area (Å²) >= 11 is 0. The molecule has 7 nitrogen and oxygen atoms in total. The first-order valence-electron chi connectivity index (χ1n) is 9.20. The first-order chi connectivity index (χ1) is 12.9. The average molecular weight is 364 g/mol. The number of hydrogen-bond donors (Lipinski definition) is 1. The molecule has 4 rings (SSSR count).